The molecular formula is C27H28BrNO4. The van der Waals surface area contributed by atoms with Crippen molar-refractivity contribution in [2.45, 2.75) is 45.4 Å². The molecule has 1 atom stereocenters. The van der Waals surface area contributed by atoms with Crippen molar-refractivity contribution < 1.29 is 19.1 Å². The minimum absolute atomic E-state index is 0.188. The smallest absolute Gasteiger partial charge is 0.408 e. The van der Waals surface area contributed by atoms with Crippen LogP contribution in [0.15, 0.2) is 83.3 Å². The number of rotatable bonds is 8. The molecule has 0 saturated carbocycles. The topological polar surface area (TPSA) is 64.6 Å². The number of ether oxygens (including phenoxy) is 2. The Hall–Kier alpha value is -3.12. The molecule has 3 aromatic rings. The minimum Gasteiger partial charge on any atom is -0.489 e. The summed E-state index contributed by atoms with van der Waals surface area (Å²) in [6.07, 6.45) is -0.303. The molecule has 3 aromatic carbocycles. The van der Waals surface area contributed by atoms with Crippen molar-refractivity contribution in [2.24, 2.45) is 0 Å². The van der Waals surface area contributed by atoms with E-state index < -0.39 is 17.7 Å². The molecular weight excluding hydrogens is 482 g/mol. The van der Waals surface area contributed by atoms with Gasteiger partial charge in [-0.3, -0.25) is 4.79 Å². The number of hydrogen-bond donors (Lipinski definition) is 1. The zero-order valence-electron chi connectivity index (χ0n) is 19.0. The molecule has 5 nitrogen and oxygen atoms in total. The third-order valence-electron chi connectivity index (χ3n) is 4.73. The lowest BCUT2D eigenvalue weighted by Crippen LogP contribution is -2.44. The van der Waals surface area contributed by atoms with Gasteiger partial charge in [0.25, 0.3) is 0 Å². The molecule has 0 spiro atoms. The summed E-state index contributed by atoms with van der Waals surface area (Å²) in [4.78, 5) is 25.6. The number of nitrogens with one attached hydrogen (secondary N) is 1. The highest BCUT2D eigenvalue weighted by molar-refractivity contribution is 9.10. The van der Waals surface area contributed by atoms with Crippen LogP contribution in [0.25, 0.3) is 0 Å². The molecule has 0 radical (unpaired) electrons. The number of carbonyl (C=O) groups excluding carboxylic acids is 2. The molecule has 0 aromatic heterocycles. The van der Waals surface area contributed by atoms with Crippen molar-refractivity contribution in [1.29, 1.82) is 0 Å². The minimum atomic E-state index is -0.773. The maximum absolute atomic E-state index is 13.2. The third-order valence-corrected chi connectivity index (χ3v) is 5.22. The van der Waals surface area contributed by atoms with Crippen LogP contribution in [0.2, 0.25) is 0 Å². The number of benzene rings is 3. The number of alkyl carbamates (subject to hydrolysis) is 1. The summed E-state index contributed by atoms with van der Waals surface area (Å²) in [7, 11) is 0. The van der Waals surface area contributed by atoms with Crippen LogP contribution in [0, 0.1) is 0 Å². The molecule has 0 unspecified atom stereocenters. The van der Waals surface area contributed by atoms with E-state index in [0.717, 1.165) is 21.3 Å². The summed E-state index contributed by atoms with van der Waals surface area (Å²) in [6, 6.07) is 23.8. The highest BCUT2D eigenvalue weighted by Gasteiger charge is 2.25. The van der Waals surface area contributed by atoms with Crippen LogP contribution in [0.4, 0.5) is 4.79 Å². The van der Waals surface area contributed by atoms with E-state index in [4.69, 9.17) is 9.47 Å². The van der Waals surface area contributed by atoms with Gasteiger partial charge in [0, 0.05) is 16.5 Å². The first-order chi connectivity index (χ1) is 15.7. The summed E-state index contributed by atoms with van der Waals surface area (Å²) >= 11 is 3.40. The van der Waals surface area contributed by atoms with Gasteiger partial charge in [-0.2, -0.15) is 0 Å². The van der Waals surface area contributed by atoms with Gasteiger partial charge in [0.15, 0.2) is 5.78 Å². The van der Waals surface area contributed by atoms with E-state index in [9.17, 15) is 9.59 Å². The number of amides is 1. The van der Waals surface area contributed by atoms with E-state index in [0.29, 0.717) is 18.6 Å². The molecule has 0 aliphatic carbocycles. The molecule has 1 amide bonds. The molecule has 33 heavy (non-hydrogen) atoms. The number of hydrogen-bond acceptors (Lipinski definition) is 4. The highest BCUT2D eigenvalue weighted by Crippen LogP contribution is 2.19. The average molecular weight is 510 g/mol. The molecule has 172 valence electrons. The number of Topliss-reactive ketones (excluding diaryl/α,β-unsaturated/α-hetero) is 1. The van der Waals surface area contributed by atoms with Crippen LogP contribution < -0.4 is 10.1 Å². The van der Waals surface area contributed by atoms with Crippen molar-refractivity contribution in [3.05, 3.63) is 100 Å². The van der Waals surface area contributed by atoms with Crippen LogP contribution in [-0.4, -0.2) is 23.5 Å². The Balaban J connectivity index is 1.71. The van der Waals surface area contributed by atoms with Crippen LogP contribution >= 0.6 is 15.9 Å². The third kappa shape index (κ3) is 8.06. The maximum Gasteiger partial charge on any atom is 0.408 e. The van der Waals surface area contributed by atoms with Gasteiger partial charge in [-0.1, -0.05) is 70.5 Å². The molecule has 0 saturated heterocycles. The second-order valence-electron chi connectivity index (χ2n) is 8.70. The second-order valence-corrected chi connectivity index (χ2v) is 9.61. The molecule has 1 N–H and O–H groups in total. The van der Waals surface area contributed by atoms with Crippen LogP contribution in [0.1, 0.15) is 42.3 Å². The lowest BCUT2D eigenvalue weighted by Gasteiger charge is -2.23. The monoisotopic (exact) mass is 509 g/mol. The van der Waals surface area contributed by atoms with E-state index >= 15 is 0 Å². The van der Waals surface area contributed by atoms with Crippen molar-refractivity contribution in [1.82, 2.24) is 5.32 Å². The SMILES string of the molecule is CC(C)(C)OC(=O)N[C@@H](Cc1ccc(OCc2ccccc2)cc1)C(=O)c1cccc(Br)c1. The fourth-order valence-corrected chi connectivity index (χ4v) is 3.60. The summed E-state index contributed by atoms with van der Waals surface area (Å²) in [6.45, 7) is 5.83. The first-order valence-corrected chi connectivity index (χ1v) is 11.5. The first kappa shape index (κ1) is 24.5. The summed E-state index contributed by atoms with van der Waals surface area (Å²) in [5.74, 6) is 0.545. The average Bonchev–Trinajstić information content (AvgIpc) is 2.77. The molecule has 0 fully saturated rings. The van der Waals surface area contributed by atoms with Gasteiger partial charge >= 0.3 is 6.09 Å². The Labute approximate surface area is 203 Å². The lowest BCUT2D eigenvalue weighted by atomic mass is 9.97. The van der Waals surface area contributed by atoms with Gasteiger partial charge in [0.2, 0.25) is 0 Å². The fourth-order valence-electron chi connectivity index (χ4n) is 3.20. The van der Waals surface area contributed by atoms with Gasteiger partial charge in [-0.15, -0.1) is 0 Å². The van der Waals surface area contributed by atoms with Crippen molar-refractivity contribution >= 4 is 27.8 Å². The van der Waals surface area contributed by atoms with E-state index in [1.165, 1.54) is 0 Å². The Bertz CT molecular complexity index is 1080. The zero-order valence-corrected chi connectivity index (χ0v) is 20.6. The van der Waals surface area contributed by atoms with Crippen LogP contribution in [0.3, 0.4) is 0 Å². The number of halogens is 1. The van der Waals surface area contributed by atoms with Crippen LogP contribution in [0.5, 0.6) is 5.75 Å². The summed E-state index contributed by atoms with van der Waals surface area (Å²) < 4.78 is 12.0. The Kier molecular flexibility index (Phi) is 8.28. The molecule has 0 aliphatic heterocycles. The van der Waals surface area contributed by atoms with Crippen LogP contribution in [-0.2, 0) is 17.8 Å². The zero-order chi connectivity index (χ0) is 23.8. The van der Waals surface area contributed by atoms with Crippen molar-refractivity contribution in [2.75, 3.05) is 0 Å². The second kappa shape index (κ2) is 11.1. The first-order valence-electron chi connectivity index (χ1n) is 10.7. The van der Waals surface area contributed by atoms with Gasteiger partial charge in [0.1, 0.15) is 18.0 Å². The molecule has 0 bridgehead atoms. The largest absolute Gasteiger partial charge is 0.489 e. The number of carbonyl (C=O) groups is 2. The predicted molar refractivity (Wildman–Crippen MR) is 133 cm³/mol. The van der Waals surface area contributed by atoms with Crippen molar-refractivity contribution in [3.8, 4) is 5.75 Å². The van der Waals surface area contributed by atoms with E-state index in [1.807, 2.05) is 60.7 Å². The Morgan fingerprint density at radius 3 is 2.24 bits per heavy atom. The van der Waals surface area contributed by atoms with Gasteiger partial charge < -0.3 is 14.8 Å². The summed E-state index contributed by atoms with van der Waals surface area (Å²) in [5.41, 5.74) is 1.83. The molecule has 0 aliphatic rings. The quantitative estimate of drug-likeness (QED) is 0.359. The molecule has 3 rings (SSSR count). The Morgan fingerprint density at radius 2 is 1.61 bits per heavy atom. The highest BCUT2D eigenvalue weighted by atomic mass is 79.9. The van der Waals surface area contributed by atoms with E-state index in [2.05, 4.69) is 21.2 Å². The normalized spacial score (nSPS) is 12.0. The van der Waals surface area contributed by atoms with E-state index in [1.54, 1.807) is 39.0 Å². The van der Waals surface area contributed by atoms with Crippen molar-refractivity contribution in [3.63, 3.8) is 0 Å². The molecule has 6 heteroatoms. The lowest BCUT2D eigenvalue weighted by molar-refractivity contribution is 0.0491. The van der Waals surface area contributed by atoms with Gasteiger partial charge in [0.05, 0.1) is 6.04 Å². The molecule has 0 heterocycles. The maximum atomic E-state index is 13.2. The Morgan fingerprint density at radius 1 is 0.909 bits per heavy atom. The standard InChI is InChI=1S/C27H28BrNO4/c1-27(2,3)33-26(31)29-24(25(30)21-10-7-11-22(28)17-21)16-19-12-14-23(15-13-19)32-18-20-8-5-4-6-9-20/h4-15,17,24H,16,18H2,1-3H3,(H,29,31)/t24-/m0/s1. The van der Waals surface area contributed by atoms with Gasteiger partial charge in [-0.25, -0.2) is 4.79 Å². The fraction of sp³-hybridized carbons (Fsp3) is 0.259. The van der Waals surface area contributed by atoms with Gasteiger partial charge in [-0.05, 0) is 56.2 Å². The predicted octanol–water partition coefficient (Wildman–Crippen LogP) is 6.35. The van der Waals surface area contributed by atoms with E-state index in [-0.39, 0.29) is 5.78 Å². The summed E-state index contributed by atoms with van der Waals surface area (Å²) in [5, 5.41) is 2.74. The number of ketones is 1.